The van der Waals surface area contributed by atoms with Gasteiger partial charge in [0, 0.05) is 24.7 Å². The maximum absolute atomic E-state index is 12.5. The Morgan fingerprint density at radius 3 is 2.57 bits per heavy atom. The van der Waals surface area contributed by atoms with E-state index in [1.54, 1.807) is 23.1 Å². The molecule has 1 aliphatic heterocycles. The minimum atomic E-state index is -0.185. The average molecular weight is 412 g/mol. The molecule has 2 aromatic rings. The Hall–Kier alpha value is -3.22. The highest BCUT2D eigenvalue weighted by Crippen LogP contribution is 2.32. The second kappa shape index (κ2) is 10.5. The van der Waals surface area contributed by atoms with Crippen LogP contribution in [0, 0.1) is 0 Å². The van der Waals surface area contributed by atoms with E-state index in [0.29, 0.717) is 41.8 Å². The van der Waals surface area contributed by atoms with E-state index in [-0.39, 0.29) is 31.4 Å². The fourth-order valence-corrected chi connectivity index (χ4v) is 3.08. The van der Waals surface area contributed by atoms with Gasteiger partial charge in [-0.1, -0.05) is 26.0 Å². The first kappa shape index (κ1) is 21.5. The van der Waals surface area contributed by atoms with Crippen molar-refractivity contribution < 1.29 is 23.8 Å². The summed E-state index contributed by atoms with van der Waals surface area (Å²) in [6, 6.07) is 12.7. The zero-order chi connectivity index (χ0) is 21.3. The van der Waals surface area contributed by atoms with Crippen LogP contribution in [0.4, 0.5) is 11.4 Å². The van der Waals surface area contributed by atoms with Crippen molar-refractivity contribution in [2.75, 3.05) is 36.6 Å². The third-order valence-corrected chi connectivity index (χ3v) is 4.52. The second-order valence-electron chi connectivity index (χ2n) is 6.96. The van der Waals surface area contributed by atoms with Gasteiger partial charge >= 0.3 is 0 Å². The third-order valence-electron chi connectivity index (χ3n) is 4.52. The highest BCUT2D eigenvalue weighted by atomic mass is 16.5. The molecule has 0 atom stereocenters. The van der Waals surface area contributed by atoms with E-state index in [1.807, 2.05) is 38.1 Å². The van der Waals surface area contributed by atoms with E-state index in [9.17, 15) is 9.59 Å². The lowest BCUT2D eigenvalue weighted by atomic mass is 10.2. The predicted molar refractivity (Wildman–Crippen MR) is 116 cm³/mol. The molecule has 160 valence electrons. The summed E-state index contributed by atoms with van der Waals surface area (Å²) >= 11 is 0. The van der Waals surface area contributed by atoms with E-state index in [2.05, 4.69) is 5.32 Å². The molecule has 0 saturated carbocycles. The molecule has 1 heterocycles. The molecule has 3 rings (SSSR count). The summed E-state index contributed by atoms with van der Waals surface area (Å²) in [7, 11) is 0. The largest absolute Gasteiger partial charge is 0.490 e. The molecule has 0 aromatic heterocycles. The highest BCUT2D eigenvalue weighted by Gasteiger charge is 2.25. The lowest BCUT2D eigenvalue weighted by Crippen LogP contribution is -2.40. The molecule has 7 heteroatoms. The van der Waals surface area contributed by atoms with Gasteiger partial charge in [-0.05, 0) is 37.1 Å². The van der Waals surface area contributed by atoms with Gasteiger partial charge < -0.3 is 24.4 Å². The van der Waals surface area contributed by atoms with E-state index >= 15 is 0 Å². The summed E-state index contributed by atoms with van der Waals surface area (Å²) < 4.78 is 16.9. The van der Waals surface area contributed by atoms with Crippen LogP contribution in [0.1, 0.15) is 33.1 Å². The van der Waals surface area contributed by atoms with Gasteiger partial charge in [0.1, 0.15) is 5.75 Å². The van der Waals surface area contributed by atoms with Crippen molar-refractivity contribution in [3.05, 3.63) is 42.5 Å². The number of nitrogens with zero attached hydrogens (tertiary/aromatic N) is 1. The number of benzene rings is 2. The molecule has 0 bridgehead atoms. The summed E-state index contributed by atoms with van der Waals surface area (Å²) in [6.45, 7) is 5.50. The van der Waals surface area contributed by atoms with E-state index < -0.39 is 0 Å². The zero-order valence-electron chi connectivity index (χ0n) is 17.5. The summed E-state index contributed by atoms with van der Waals surface area (Å²) in [5, 5.41) is 2.88. The fraction of sp³-hybridized carbons (Fsp3) is 0.391. The molecule has 0 radical (unpaired) electrons. The third kappa shape index (κ3) is 5.43. The molecular formula is C23H28N2O5. The van der Waals surface area contributed by atoms with E-state index in [4.69, 9.17) is 14.2 Å². The SMILES string of the molecule is CCCOc1ccc(NC(=O)CCN2C(=O)COc3ccccc32)cc1OCCC. The van der Waals surface area contributed by atoms with Crippen molar-refractivity contribution in [1.29, 1.82) is 0 Å². The Morgan fingerprint density at radius 2 is 1.80 bits per heavy atom. The number of hydrogen-bond acceptors (Lipinski definition) is 5. The lowest BCUT2D eigenvalue weighted by molar-refractivity contribution is -0.121. The number of anilines is 2. The van der Waals surface area contributed by atoms with Gasteiger partial charge in [-0.25, -0.2) is 0 Å². The minimum absolute atomic E-state index is 0.0179. The fourth-order valence-electron chi connectivity index (χ4n) is 3.08. The topological polar surface area (TPSA) is 77.1 Å². The molecule has 0 fully saturated rings. The Morgan fingerprint density at radius 1 is 1.07 bits per heavy atom. The van der Waals surface area contributed by atoms with Gasteiger partial charge in [0.25, 0.3) is 5.91 Å². The summed E-state index contributed by atoms with van der Waals surface area (Å²) in [6.07, 6.45) is 1.94. The number of ether oxygens (including phenoxy) is 3. The second-order valence-corrected chi connectivity index (χ2v) is 6.96. The van der Waals surface area contributed by atoms with Crippen LogP contribution in [0.5, 0.6) is 17.2 Å². The molecule has 1 aliphatic rings. The molecule has 2 amide bonds. The Labute approximate surface area is 176 Å². The number of rotatable bonds is 10. The van der Waals surface area contributed by atoms with Crippen LogP contribution >= 0.6 is 0 Å². The predicted octanol–water partition coefficient (Wildman–Crippen LogP) is 4.02. The number of hydrogen-bond donors (Lipinski definition) is 1. The molecule has 0 spiro atoms. The van der Waals surface area contributed by atoms with E-state index in [0.717, 1.165) is 12.8 Å². The van der Waals surface area contributed by atoms with E-state index in [1.165, 1.54) is 0 Å². The van der Waals surface area contributed by atoms with Crippen LogP contribution in [0.2, 0.25) is 0 Å². The molecule has 30 heavy (non-hydrogen) atoms. The van der Waals surface area contributed by atoms with Crippen LogP contribution in [-0.4, -0.2) is 38.2 Å². The number of carbonyl (C=O) groups is 2. The van der Waals surface area contributed by atoms with Crippen LogP contribution in [0.25, 0.3) is 0 Å². The Kier molecular flexibility index (Phi) is 7.54. The Bertz CT molecular complexity index is 884. The number of amides is 2. The maximum atomic E-state index is 12.5. The van der Waals surface area contributed by atoms with Gasteiger partial charge in [-0.15, -0.1) is 0 Å². The summed E-state index contributed by atoms with van der Waals surface area (Å²) in [5.41, 5.74) is 1.32. The van der Waals surface area contributed by atoms with Crippen LogP contribution in [-0.2, 0) is 9.59 Å². The molecular weight excluding hydrogens is 384 g/mol. The van der Waals surface area contributed by atoms with Crippen molar-refractivity contribution in [2.45, 2.75) is 33.1 Å². The van der Waals surface area contributed by atoms with Crippen LogP contribution in [0.15, 0.2) is 42.5 Å². The highest BCUT2D eigenvalue weighted by molar-refractivity contribution is 5.99. The molecule has 7 nitrogen and oxygen atoms in total. The zero-order valence-corrected chi connectivity index (χ0v) is 17.5. The standard InChI is InChI=1S/C23H28N2O5/c1-3-13-28-20-10-9-17(15-21(20)29-14-4-2)24-22(26)11-12-25-18-7-5-6-8-19(18)30-16-23(25)27/h5-10,15H,3-4,11-14,16H2,1-2H3,(H,24,26). The molecule has 0 saturated heterocycles. The van der Waals surface area contributed by atoms with Crippen molar-refractivity contribution in [3.63, 3.8) is 0 Å². The number of carbonyl (C=O) groups excluding carboxylic acids is 2. The Balaban J connectivity index is 1.62. The maximum Gasteiger partial charge on any atom is 0.265 e. The van der Waals surface area contributed by atoms with Gasteiger partial charge in [-0.3, -0.25) is 9.59 Å². The van der Waals surface area contributed by atoms with Gasteiger partial charge in [0.2, 0.25) is 5.91 Å². The van der Waals surface area contributed by atoms with Crippen molar-refractivity contribution in [3.8, 4) is 17.2 Å². The summed E-state index contributed by atoms with van der Waals surface area (Å²) in [4.78, 5) is 26.3. The molecule has 0 aliphatic carbocycles. The van der Waals surface area contributed by atoms with Crippen molar-refractivity contribution in [2.24, 2.45) is 0 Å². The van der Waals surface area contributed by atoms with Gasteiger partial charge in [0.15, 0.2) is 18.1 Å². The molecule has 1 N–H and O–H groups in total. The average Bonchev–Trinajstić information content (AvgIpc) is 2.76. The van der Waals surface area contributed by atoms with Crippen LogP contribution < -0.4 is 24.4 Å². The van der Waals surface area contributed by atoms with Crippen molar-refractivity contribution >= 4 is 23.2 Å². The number of fused-ring (bicyclic) bond motifs is 1. The first-order valence-corrected chi connectivity index (χ1v) is 10.3. The molecule has 2 aromatic carbocycles. The monoisotopic (exact) mass is 412 g/mol. The normalized spacial score (nSPS) is 12.7. The van der Waals surface area contributed by atoms with Crippen LogP contribution in [0.3, 0.4) is 0 Å². The minimum Gasteiger partial charge on any atom is -0.490 e. The van der Waals surface area contributed by atoms with Crippen molar-refractivity contribution in [1.82, 2.24) is 0 Å². The lowest BCUT2D eigenvalue weighted by Gasteiger charge is -2.29. The van der Waals surface area contributed by atoms with Gasteiger partial charge in [-0.2, -0.15) is 0 Å². The number of para-hydroxylation sites is 2. The number of nitrogens with one attached hydrogen (secondary N) is 1. The summed E-state index contributed by atoms with van der Waals surface area (Å²) in [5.74, 6) is 1.58. The quantitative estimate of drug-likeness (QED) is 0.638. The first-order valence-electron chi connectivity index (χ1n) is 10.3. The smallest absolute Gasteiger partial charge is 0.265 e. The van der Waals surface area contributed by atoms with Gasteiger partial charge in [0.05, 0.1) is 18.9 Å². The first-order chi connectivity index (χ1) is 14.6. The molecule has 0 unspecified atom stereocenters.